The van der Waals surface area contributed by atoms with Gasteiger partial charge in [-0.05, 0) is 28.8 Å². The molecule has 78 valence electrons. The summed E-state index contributed by atoms with van der Waals surface area (Å²) >= 11 is 0. The van der Waals surface area contributed by atoms with Gasteiger partial charge >= 0.3 is 0 Å². The van der Waals surface area contributed by atoms with Crippen molar-refractivity contribution >= 4 is 10.8 Å². The standard InChI is InChI=1S/C14H16O/c1-10-4-3-5-13-8-12(11(2)9-15)6-7-14(10)13/h3-8,11,15H,9H2,1-2H3. The predicted octanol–water partition coefficient (Wildman–Crippen LogP) is 3.24. The fraction of sp³-hybridized carbons (Fsp3) is 0.286. The molecule has 0 saturated carbocycles. The van der Waals surface area contributed by atoms with E-state index in [1.807, 2.05) is 6.92 Å². The first kappa shape index (κ1) is 10.2. The van der Waals surface area contributed by atoms with E-state index in [0.29, 0.717) is 0 Å². The van der Waals surface area contributed by atoms with Gasteiger partial charge in [-0.3, -0.25) is 0 Å². The highest BCUT2D eigenvalue weighted by Gasteiger charge is 2.04. The summed E-state index contributed by atoms with van der Waals surface area (Å²) in [5.41, 5.74) is 2.51. The van der Waals surface area contributed by atoms with Crippen molar-refractivity contribution in [3.8, 4) is 0 Å². The molecule has 1 N–H and O–H groups in total. The number of rotatable bonds is 2. The van der Waals surface area contributed by atoms with Crippen LogP contribution in [0.1, 0.15) is 24.0 Å². The largest absolute Gasteiger partial charge is 0.396 e. The van der Waals surface area contributed by atoms with Crippen molar-refractivity contribution in [2.45, 2.75) is 19.8 Å². The van der Waals surface area contributed by atoms with Crippen LogP contribution in [0.4, 0.5) is 0 Å². The van der Waals surface area contributed by atoms with Crippen molar-refractivity contribution < 1.29 is 5.11 Å². The number of hydrogen-bond acceptors (Lipinski definition) is 1. The maximum atomic E-state index is 9.11. The molecule has 0 aliphatic carbocycles. The van der Waals surface area contributed by atoms with Gasteiger partial charge < -0.3 is 5.11 Å². The van der Waals surface area contributed by atoms with Crippen molar-refractivity contribution in [2.75, 3.05) is 6.61 Å². The molecule has 0 bridgehead atoms. The van der Waals surface area contributed by atoms with E-state index in [0.717, 1.165) is 0 Å². The van der Waals surface area contributed by atoms with Crippen molar-refractivity contribution in [1.82, 2.24) is 0 Å². The van der Waals surface area contributed by atoms with Crippen LogP contribution in [0.15, 0.2) is 36.4 Å². The lowest BCUT2D eigenvalue weighted by molar-refractivity contribution is 0.273. The maximum Gasteiger partial charge on any atom is 0.0497 e. The number of aliphatic hydroxyl groups is 1. The van der Waals surface area contributed by atoms with Crippen LogP contribution in [0, 0.1) is 6.92 Å². The van der Waals surface area contributed by atoms with Crippen LogP contribution in [-0.4, -0.2) is 11.7 Å². The third-order valence-electron chi connectivity index (χ3n) is 2.97. The Morgan fingerprint density at radius 3 is 2.73 bits per heavy atom. The van der Waals surface area contributed by atoms with Gasteiger partial charge in [0.15, 0.2) is 0 Å². The van der Waals surface area contributed by atoms with Gasteiger partial charge in [0, 0.05) is 12.5 Å². The Labute approximate surface area is 90.4 Å². The Kier molecular flexibility index (Phi) is 2.74. The number of hydrogen-bond donors (Lipinski definition) is 1. The van der Waals surface area contributed by atoms with Gasteiger partial charge in [-0.15, -0.1) is 0 Å². The van der Waals surface area contributed by atoms with Crippen LogP contribution in [0.2, 0.25) is 0 Å². The summed E-state index contributed by atoms with van der Waals surface area (Å²) in [5, 5.41) is 11.7. The quantitative estimate of drug-likeness (QED) is 0.789. The van der Waals surface area contributed by atoms with Crippen LogP contribution in [0.5, 0.6) is 0 Å². The molecular weight excluding hydrogens is 184 g/mol. The van der Waals surface area contributed by atoms with Gasteiger partial charge in [0.25, 0.3) is 0 Å². The van der Waals surface area contributed by atoms with Gasteiger partial charge in [-0.25, -0.2) is 0 Å². The minimum atomic E-state index is 0.206. The molecule has 2 rings (SSSR count). The molecule has 1 heteroatoms. The lowest BCUT2D eigenvalue weighted by Crippen LogP contribution is -1.98. The number of aryl methyl sites for hydroxylation is 1. The van der Waals surface area contributed by atoms with Crippen LogP contribution in [0.25, 0.3) is 10.8 Å². The van der Waals surface area contributed by atoms with E-state index < -0.39 is 0 Å². The summed E-state index contributed by atoms with van der Waals surface area (Å²) in [6.07, 6.45) is 0. The molecule has 0 aliphatic heterocycles. The first-order valence-corrected chi connectivity index (χ1v) is 5.32. The molecule has 0 heterocycles. The highest BCUT2D eigenvalue weighted by molar-refractivity contribution is 5.86. The summed E-state index contributed by atoms with van der Waals surface area (Å²) in [6.45, 7) is 4.37. The first-order chi connectivity index (χ1) is 7.22. The molecule has 2 aromatic rings. The minimum Gasteiger partial charge on any atom is -0.396 e. The molecule has 0 aromatic heterocycles. The van der Waals surface area contributed by atoms with Gasteiger partial charge in [-0.2, -0.15) is 0 Å². The Morgan fingerprint density at radius 2 is 2.00 bits per heavy atom. The van der Waals surface area contributed by atoms with Crippen molar-refractivity contribution in [3.05, 3.63) is 47.5 Å². The predicted molar refractivity (Wildman–Crippen MR) is 64.2 cm³/mol. The lowest BCUT2D eigenvalue weighted by Gasteiger charge is -2.10. The SMILES string of the molecule is Cc1cccc2cc(C(C)CO)ccc12. The smallest absolute Gasteiger partial charge is 0.0497 e. The van der Waals surface area contributed by atoms with Crippen LogP contribution >= 0.6 is 0 Å². The lowest BCUT2D eigenvalue weighted by atomic mass is 9.97. The number of benzene rings is 2. The van der Waals surface area contributed by atoms with Crippen LogP contribution in [0.3, 0.4) is 0 Å². The summed E-state index contributed by atoms with van der Waals surface area (Å²) in [7, 11) is 0. The monoisotopic (exact) mass is 200 g/mol. The summed E-state index contributed by atoms with van der Waals surface area (Å²) in [4.78, 5) is 0. The van der Waals surface area contributed by atoms with E-state index in [-0.39, 0.29) is 12.5 Å². The summed E-state index contributed by atoms with van der Waals surface area (Å²) in [5.74, 6) is 0.218. The molecule has 0 fully saturated rings. The van der Waals surface area contributed by atoms with E-state index in [4.69, 9.17) is 5.11 Å². The summed E-state index contributed by atoms with van der Waals surface area (Å²) < 4.78 is 0. The van der Waals surface area contributed by atoms with Gasteiger partial charge in [0.1, 0.15) is 0 Å². The van der Waals surface area contributed by atoms with Crippen molar-refractivity contribution in [2.24, 2.45) is 0 Å². The first-order valence-electron chi connectivity index (χ1n) is 5.32. The van der Waals surface area contributed by atoms with E-state index >= 15 is 0 Å². The molecule has 1 atom stereocenters. The zero-order chi connectivity index (χ0) is 10.8. The molecular formula is C14H16O. The molecule has 0 aliphatic rings. The van der Waals surface area contributed by atoms with E-state index in [2.05, 4.69) is 43.3 Å². The zero-order valence-corrected chi connectivity index (χ0v) is 9.20. The highest BCUT2D eigenvalue weighted by Crippen LogP contribution is 2.23. The fourth-order valence-electron chi connectivity index (χ4n) is 1.88. The minimum absolute atomic E-state index is 0.206. The molecule has 15 heavy (non-hydrogen) atoms. The molecule has 2 aromatic carbocycles. The molecule has 1 nitrogen and oxygen atoms in total. The van der Waals surface area contributed by atoms with Gasteiger partial charge in [-0.1, -0.05) is 43.3 Å². The number of aliphatic hydroxyl groups excluding tert-OH is 1. The number of fused-ring (bicyclic) bond motifs is 1. The van der Waals surface area contributed by atoms with Gasteiger partial charge in [0.05, 0.1) is 0 Å². The molecule has 1 unspecified atom stereocenters. The molecule has 0 spiro atoms. The Morgan fingerprint density at radius 1 is 1.20 bits per heavy atom. The third kappa shape index (κ3) is 1.88. The second-order valence-corrected chi connectivity index (χ2v) is 4.14. The maximum absolute atomic E-state index is 9.11. The average Bonchev–Trinajstić information content (AvgIpc) is 2.28. The molecule has 0 amide bonds. The molecule has 0 saturated heterocycles. The molecule has 0 radical (unpaired) electrons. The topological polar surface area (TPSA) is 20.2 Å². The Hall–Kier alpha value is -1.34. The third-order valence-corrected chi connectivity index (χ3v) is 2.97. The zero-order valence-electron chi connectivity index (χ0n) is 9.20. The van der Waals surface area contributed by atoms with E-state index in [9.17, 15) is 0 Å². The van der Waals surface area contributed by atoms with Crippen LogP contribution in [-0.2, 0) is 0 Å². The highest BCUT2D eigenvalue weighted by atomic mass is 16.3. The van der Waals surface area contributed by atoms with Gasteiger partial charge in [0.2, 0.25) is 0 Å². The average molecular weight is 200 g/mol. The van der Waals surface area contributed by atoms with Crippen molar-refractivity contribution in [1.29, 1.82) is 0 Å². The Bertz CT molecular complexity index is 474. The van der Waals surface area contributed by atoms with Crippen molar-refractivity contribution in [3.63, 3.8) is 0 Å². The summed E-state index contributed by atoms with van der Waals surface area (Å²) in [6, 6.07) is 12.7. The van der Waals surface area contributed by atoms with E-state index in [1.54, 1.807) is 0 Å². The Balaban J connectivity index is 2.57. The van der Waals surface area contributed by atoms with Crippen LogP contribution < -0.4 is 0 Å². The van der Waals surface area contributed by atoms with E-state index in [1.165, 1.54) is 21.9 Å². The fourth-order valence-corrected chi connectivity index (χ4v) is 1.88. The normalized spacial score (nSPS) is 13.0. The second kappa shape index (κ2) is 4.03. The second-order valence-electron chi connectivity index (χ2n) is 4.14.